The lowest BCUT2D eigenvalue weighted by atomic mass is 9.96. The van der Waals surface area contributed by atoms with E-state index in [1.165, 1.54) is 17.7 Å². The number of hydrogen-bond acceptors (Lipinski definition) is 3. The summed E-state index contributed by atoms with van der Waals surface area (Å²) in [4.78, 5) is 4.70. The number of guanidine groups is 1. The molecule has 1 aliphatic carbocycles. The van der Waals surface area contributed by atoms with E-state index in [0.29, 0.717) is 6.54 Å². The molecule has 6 nitrogen and oxygen atoms in total. The van der Waals surface area contributed by atoms with E-state index in [1.54, 1.807) is 12.1 Å². The highest BCUT2D eigenvalue weighted by Crippen LogP contribution is 2.48. The molecule has 4 N–H and O–H groups in total. The Morgan fingerprint density at radius 1 is 1.17 bits per heavy atom. The highest BCUT2D eigenvalue weighted by atomic mass is 127. The van der Waals surface area contributed by atoms with Crippen molar-refractivity contribution in [2.45, 2.75) is 36.6 Å². The van der Waals surface area contributed by atoms with Gasteiger partial charge in [0.15, 0.2) is 5.96 Å². The first-order chi connectivity index (χ1) is 13.3. The van der Waals surface area contributed by atoms with Crippen LogP contribution in [0.4, 0.5) is 0 Å². The van der Waals surface area contributed by atoms with Crippen molar-refractivity contribution in [3.8, 4) is 0 Å². The van der Waals surface area contributed by atoms with Crippen LogP contribution < -0.4 is 15.8 Å². The molecule has 1 saturated carbocycles. The van der Waals surface area contributed by atoms with Gasteiger partial charge in [0.1, 0.15) is 0 Å². The SMILES string of the molecule is CCNC(=NCc1ccc(S(N)(=O)=O)cc1)NCC1(c2cccc(Cl)c2)CC1.I. The van der Waals surface area contributed by atoms with E-state index in [0.717, 1.165) is 42.5 Å². The minimum absolute atomic E-state index is 0. The van der Waals surface area contributed by atoms with Crippen molar-refractivity contribution in [2.24, 2.45) is 10.1 Å². The minimum atomic E-state index is -3.68. The molecule has 158 valence electrons. The van der Waals surface area contributed by atoms with Crippen molar-refractivity contribution < 1.29 is 8.42 Å². The summed E-state index contributed by atoms with van der Waals surface area (Å²) in [5.41, 5.74) is 2.26. The lowest BCUT2D eigenvalue weighted by Crippen LogP contribution is -2.41. The molecule has 0 spiro atoms. The van der Waals surface area contributed by atoms with Gasteiger partial charge in [-0.1, -0.05) is 35.9 Å². The van der Waals surface area contributed by atoms with Crippen LogP contribution >= 0.6 is 35.6 Å². The normalized spacial score (nSPS) is 15.3. The third-order valence-corrected chi connectivity index (χ3v) is 6.06. The van der Waals surface area contributed by atoms with Gasteiger partial charge in [-0.05, 0) is 55.2 Å². The fraction of sp³-hybridized carbons (Fsp3) is 0.350. The predicted molar refractivity (Wildman–Crippen MR) is 128 cm³/mol. The summed E-state index contributed by atoms with van der Waals surface area (Å²) < 4.78 is 22.7. The number of benzene rings is 2. The average Bonchev–Trinajstić information content (AvgIpc) is 3.45. The second-order valence-electron chi connectivity index (χ2n) is 7.03. The van der Waals surface area contributed by atoms with Crippen LogP contribution in [0, 0.1) is 0 Å². The molecule has 0 heterocycles. The maximum atomic E-state index is 11.3. The Labute approximate surface area is 194 Å². The first kappa shape index (κ1) is 23.9. The minimum Gasteiger partial charge on any atom is -0.357 e. The molecule has 0 saturated heterocycles. The molecule has 29 heavy (non-hydrogen) atoms. The van der Waals surface area contributed by atoms with Gasteiger partial charge in [-0.2, -0.15) is 0 Å². The smallest absolute Gasteiger partial charge is 0.238 e. The van der Waals surface area contributed by atoms with Crippen molar-refractivity contribution >= 4 is 51.6 Å². The number of nitrogens with zero attached hydrogens (tertiary/aromatic N) is 1. The van der Waals surface area contributed by atoms with Crippen LogP contribution in [0.5, 0.6) is 0 Å². The van der Waals surface area contributed by atoms with Crippen molar-refractivity contribution in [1.82, 2.24) is 10.6 Å². The van der Waals surface area contributed by atoms with Gasteiger partial charge in [-0.3, -0.25) is 0 Å². The summed E-state index contributed by atoms with van der Waals surface area (Å²) in [7, 11) is -3.68. The number of aliphatic imine (C=N–C) groups is 1. The van der Waals surface area contributed by atoms with Gasteiger partial charge in [0, 0.05) is 23.5 Å². The van der Waals surface area contributed by atoms with Crippen LogP contribution in [0.3, 0.4) is 0 Å². The Morgan fingerprint density at radius 2 is 1.86 bits per heavy atom. The van der Waals surface area contributed by atoms with E-state index < -0.39 is 10.0 Å². The molecule has 0 aromatic heterocycles. The first-order valence-electron chi connectivity index (χ1n) is 9.22. The van der Waals surface area contributed by atoms with Crippen LogP contribution in [-0.2, 0) is 22.0 Å². The van der Waals surface area contributed by atoms with Crippen molar-refractivity contribution in [2.75, 3.05) is 13.1 Å². The molecule has 1 fully saturated rings. The van der Waals surface area contributed by atoms with Gasteiger partial charge in [-0.15, -0.1) is 24.0 Å². The molecule has 0 aliphatic heterocycles. The number of nitrogens with one attached hydrogen (secondary N) is 2. The summed E-state index contributed by atoms with van der Waals surface area (Å²) in [6, 6.07) is 14.5. The third kappa shape index (κ3) is 6.56. The summed E-state index contributed by atoms with van der Waals surface area (Å²) in [6.07, 6.45) is 2.24. The molecule has 9 heteroatoms. The molecule has 0 bridgehead atoms. The second kappa shape index (κ2) is 10.1. The zero-order valence-electron chi connectivity index (χ0n) is 16.2. The summed E-state index contributed by atoms with van der Waals surface area (Å²) >= 11 is 6.15. The van der Waals surface area contributed by atoms with Crippen LogP contribution in [-0.4, -0.2) is 27.5 Å². The second-order valence-corrected chi connectivity index (χ2v) is 9.03. The summed E-state index contributed by atoms with van der Waals surface area (Å²) in [5, 5.41) is 12.6. The lowest BCUT2D eigenvalue weighted by Gasteiger charge is -2.19. The van der Waals surface area contributed by atoms with Gasteiger partial charge < -0.3 is 10.6 Å². The Morgan fingerprint density at radius 3 is 2.41 bits per heavy atom. The van der Waals surface area contributed by atoms with Crippen LogP contribution in [0.15, 0.2) is 58.4 Å². The van der Waals surface area contributed by atoms with E-state index in [4.69, 9.17) is 16.7 Å². The number of rotatable bonds is 7. The molecule has 2 aromatic rings. The summed E-state index contributed by atoms with van der Waals surface area (Å²) in [6.45, 7) is 3.98. The first-order valence-corrected chi connectivity index (χ1v) is 11.1. The van der Waals surface area contributed by atoms with Crippen LogP contribution in [0.25, 0.3) is 0 Å². The predicted octanol–water partition coefficient (Wildman–Crippen LogP) is 3.39. The van der Waals surface area contributed by atoms with E-state index in [9.17, 15) is 8.42 Å². The van der Waals surface area contributed by atoms with Crippen molar-refractivity contribution in [1.29, 1.82) is 0 Å². The monoisotopic (exact) mass is 548 g/mol. The highest BCUT2D eigenvalue weighted by molar-refractivity contribution is 14.0. The van der Waals surface area contributed by atoms with E-state index in [2.05, 4.69) is 21.7 Å². The van der Waals surface area contributed by atoms with E-state index >= 15 is 0 Å². The van der Waals surface area contributed by atoms with E-state index in [1.807, 2.05) is 25.1 Å². The zero-order chi connectivity index (χ0) is 20.2. The van der Waals surface area contributed by atoms with Gasteiger partial charge in [0.05, 0.1) is 11.4 Å². The standard InChI is InChI=1S/C20H25ClN4O2S.HI/c1-2-23-19(24-13-15-6-8-18(9-7-15)28(22,26)27)25-14-20(10-11-20)16-4-3-5-17(21)12-16;/h3-9,12H,2,10-11,13-14H2,1H3,(H2,22,26,27)(H2,23,24,25);1H. The van der Waals surface area contributed by atoms with Gasteiger partial charge in [0.2, 0.25) is 10.0 Å². The Kier molecular flexibility index (Phi) is 8.33. The number of nitrogens with two attached hydrogens (primary N) is 1. The Balaban J connectivity index is 0.00000300. The molecular weight excluding hydrogens is 523 g/mol. The number of hydrogen-bond donors (Lipinski definition) is 3. The molecule has 2 aromatic carbocycles. The van der Waals surface area contributed by atoms with Crippen LogP contribution in [0.1, 0.15) is 30.9 Å². The molecule has 0 unspecified atom stereocenters. The van der Waals surface area contributed by atoms with Gasteiger partial charge >= 0.3 is 0 Å². The number of primary sulfonamides is 1. The molecular formula is C20H26ClIN4O2S. The van der Waals surface area contributed by atoms with Gasteiger partial charge in [0.25, 0.3) is 0 Å². The average molecular weight is 549 g/mol. The molecule has 1 aliphatic rings. The highest BCUT2D eigenvalue weighted by Gasteiger charge is 2.44. The zero-order valence-corrected chi connectivity index (χ0v) is 20.1. The van der Waals surface area contributed by atoms with Crippen molar-refractivity contribution in [3.05, 3.63) is 64.7 Å². The topological polar surface area (TPSA) is 96.6 Å². The fourth-order valence-corrected chi connectivity index (χ4v) is 3.79. The largest absolute Gasteiger partial charge is 0.357 e. The van der Waals surface area contributed by atoms with E-state index in [-0.39, 0.29) is 34.3 Å². The maximum absolute atomic E-state index is 11.3. The van der Waals surface area contributed by atoms with Crippen molar-refractivity contribution in [3.63, 3.8) is 0 Å². The fourth-order valence-electron chi connectivity index (χ4n) is 3.09. The quantitative estimate of drug-likeness (QED) is 0.281. The third-order valence-electron chi connectivity index (χ3n) is 4.90. The Hall–Kier alpha value is -1.36. The Bertz CT molecular complexity index is 961. The van der Waals surface area contributed by atoms with Gasteiger partial charge in [-0.25, -0.2) is 18.5 Å². The maximum Gasteiger partial charge on any atom is 0.238 e. The molecule has 0 amide bonds. The summed E-state index contributed by atoms with van der Waals surface area (Å²) in [5.74, 6) is 0.728. The van der Waals surface area contributed by atoms with Crippen LogP contribution in [0.2, 0.25) is 5.02 Å². The molecule has 0 atom stereocenters. The lowest BCUT2D eigenvalue weighted by molar-refractivity contribution is 0.598. The number of sulfonamides is 1. The molecule has 0 radical (unpaired) electrons. The number of halogens is 2. The molecule has 3 rings (SSSR count).